The highest BCUT2D eigenvalue weighted by molar-refractivity contribution is 5.43. The lowest BCUT2D eigenvalue weighted by molar-refractivity contribution is -0.136. The summed E-state index contributed by atoms with van der Waals surface area (Å²) in [7, 11) is 0. The molecule has 8 heteroatoms. The molecule has 0 bridgehead atoms. The van der Waals surface area contributed by atoms with Gasteiger partial charge in [0.2, 0.25) is 0 Å². The van der Waals surface area contributed by atoms with Gasteiger partial charge in [0, 0.05) is 6.54 Å². The number of anilines is 1. The Hall–Kier alpha value is -1.80. The molecule has 18 heavy (non-hydrogen) atoms. The van der Waals surface area contributed by atoms with Gasteiger partial charge in [0.15, 0.2) is 17.3 Å². The molecule has 1 unspecified atom stereocenters. The maximum Gasteiger partial charge on any atom is 0.199 e. The summed E-state index contributed by atoms with van der Waals surface area (Å²) >= 11 is 0. The lowest BCUT2D eigenvalue weighted by Gasteiger charge is -2.17. The van der Waals surface area contributed by atoms with Crippen LogP contribution in [0.2, 0.25) is 0 Å². The van der Waals surface area contributed by atoms with E-state index >= 15 is 0 Å². The normalized spacial score (nSPS) is 22.4. The number of nitrogens with zero attached hydrogens (tertiary/aromatic N) is 5. The van der Waals surface area contributed by atoms with Crippen LogP contribution in [0.1, 0.15) is 13.8 Å². The fraction of sp³-hybridized carbons (Fsp3) is 0.600. The summed E-state index contributed by atoms with van der Waals surface area (Å²) in [5.41, 5.74) is 0.601. The van der Waals surface area contributed by atoms with Gasteiger partial charge in [-0.25, -0.2) is 0 Å². The quantitative estimate of drug-likeness (QED) is 0.825. The van der Waals surface area contributed by atoms with Gasteiger partial charge in [0.1, 0.15) is 6.10 Å². The number of rotatable bonds is 3. The summed E-state index contributed by atoms with van der Waals surface area (Å²) in [5, 5.41) is 14.5. The van der Waals surface area contributed by atoms with Crippen molar-refractivity contribution in [3.8, 4) is 0 Å². The topological polar surface area (TPSA) is 86.5 Å². The largest absolute Gasteiger partial charge is 0.366 e. The van der Waals surface area contributed by atoms with Crippen molar-refractivity contribution in [3.63, 3.8) is 0 Å². The van der Waals surface area contributed by atoms with E-state index in [1.807, 2.05) is 13.8 Å². The Morgan fingerprint density at radius 3 is 3.17 bits per heavy atom. The molecule has 0 saturated carbocycles. The van der Waals surface area contributed by atoms with Crippen LogP contribution in [0.3, 0.4) is 0 Å². The van der Waals surface area contributed by atoms with E-state index in [2.05, 4.69) is 25.8 Å². The molecule has 1 aliphatic rings. The molecule has 0 amide bonds. The summed E-state index contributed by atoms with van der Waals surface area (Å²) in [5.74, 6) is 0.219. The van der Waals surface area contributed by atoms with Crippen molar-refractivity contribution >= 4 is 11.5 Å². The Bertz CT molecular complexity index is 554. The third-order valence-electron chi connectivity index (χ3n) is 2.69. The molecule has 0 spiro atoms. The van der Waals surface area contributed by atoms with Gasteiger partial charge in [-0.3, -0.25) is 4.98 Å². The number of hydrogen-bond donors (Lipinski definition) is 1. The molecule has 2 aromatic rings. The van der Waals surface area contributed by atoms with Gasteiger partial charge in [0.05, 0.1) is 19.0 Å². The van der Waals surface area contributed by atoms with Crippen molar-refractivity contribution in [1.29, 1.82) is 0 Å². The minimum atomic E-state index is -0.509. The third kappa shape index (κ3) is 2.12. The molecule has 1 saturated heterocycles. The second-order valence-electron chi connectivity index (χ2n) is 4.57. The molecule has 1 aliphatic heterocycles. The molecule has 0 aliphatic carbocycles. The predicted molar refractivity (Wildman–Crippen MR) is 62.0 cm³/mol. The number of aromatic nitrogens is 5. The molecule has 96 valence electrons. The predicted octanol–water partition coefficient (Wildman–Crippen LogP) is 0.0827. The zero-order chi connectivity index (χ0) is 12.6. The van der Waals surface area contributed by atoms with Crippen LogP contribution in [0.4, 0.5) is 5.82 Å². The minimum Gasteiger partial charge on any atom is -0.366 e. The highest BCUT2D eigenvalue weighted by Crippen LogP contribution is 2.22. The van der Waals surface area contributed by atoms with Gasteiger partial charge in [-0.1, -0.05) is 0 Å². The van der Waals surface area contributed by atoms with Crippen LogP contribution in [-0.2, 0) is 9.47 Å². The zero-order valence-corrected chi connectivity index (χ0v) is 10.2. The Kier molecular flexibility index (Phi) is 2.60. The fourth-order valence-corrected chi connectivity index (χ4v) is 1.88. The van der Waals surface area contributed by atoms with E-state index in [9.17, 15) is 0 Å². The maximum absolute atomic E-state index is 5.70. The number of fused-ring (bicyclic) bond motifs is 1. The molecule has 8 nitrogen and oxygen atoms in total. The van der Waals surface area contributed by atoms with E-state index in [0.717, 1.165) is 5.82 Å². The first-order valence-electron chi connectivity index (χ1n) is 5.72. The Morgan fingerprint density at radius 1 is 1.50 bits per heavy atom. The maximum atomic E-state index is 5.70. The highest BCUT2D eigenvalue weighted by atomic mass is 16.7. The van der Waals surface area contributed by atoms with E-state index in [4.69, 9.17) is 9.47 Å². The van der Waals surface area contributed by atoms with Gasteiger partial charge >= 0.3 is 0 Å². The first-order chi connectivity index (χ1) is 8.64. The number of ether oxygens (including phenoxy) is 2. The van der Waals surface area contributed by atoms with Crippen molar-refractivity contribution < 1.29 is 9.47 Å². The van der Waals surface area contributed by atoms with E-state index in [1.54, 1.807) is 16.9 Å². The van der Waals surface area contributed by atoms with E-state index < -0.39 is 5.79 Å². The lowest BCUT2D eigenvalue weighted by Crippen LogP contribution is -2.26. The van der Waals surface area contributed by atoms with Crippen LogP contribution in [0, 0.1) is 0 Å². The molecule has 0 aromatic carbocycles. The molecule has 1 fully saturated rings. The Balaban J connectivity index is 1.69. The van der Waals surface area contributed by atoms with Crippen LogP contribution >= 0.6 is 0 Å². The Labute approximate surface area is 103 Å². The first-order valence-corrected chi connectivity index (χ1v) is 5.72. The summed E-state index contributed by atoms with van der Waals surface area (Å²) in [4.78, 5) is 4.06. The van der Waals surface area contributed by atoms with Crippen LogP contribution in [0.5, 0.6) is 0 Å². The zero-order valence-electron chi connectivity index (χ0n) is 10.2. The van der Waals surface area contributed by atoms with Crippen LogP contribution in [0.15, 0.2) is 12.4 Å². The van der Waals surface area contributed by atoms with Crippen molar-refractivity contribution in [2.24, 2.45) is 0 Å². The summed E-state index contributed by atoms with van der Waals surface area (Å²) in [6.07, 6.45) is 3.28. The smallest absolute Gasteiger partial charge is 0.199 e. The highest BCUT2D eigenvalue weighted by Gasteiger charge is 2.32. The van der Waals surface area contributed by atoms with Crippen LogP contribution in [0.25, 0.3) is 5.65 Å². The number of tetrazole rings is 1. The third-order valence-corrected chi connectivity index (χ3v) is 2.69. The van der Waals surface area contributed by atoms with Crippen molar-refractivity contribution in [3.05, 3.63) is 12.4 Å². The van der Waals surface area contributed by atoms with Gasteiger partial charge in [-0.15, -0.1) is 5.10 Å². The lowest BCUT2D eigenvalue weighted by atomic mass is 10.3. The number of nitrogens with one attached hydrogen (secondary N) is 1. The molecular weight excluding hydrogens is 236 g/mol. The average molecular weight is 250 g/mol. The molecule has 0 radical (unpaired) electrons. The molecule has 2 aromatic heterocycles. The minimum absolute atomic E-state index is 0.00624. The monoisotopic (exact) mass is 250 g/mol. The molecule has 3 heterocycles. The average Bonchev–Trinajstić information content (AvgIpc) is 2.92. The first kappa shape index (κ1) is 11.3. The molecule has 1 N–H and O–H groups in total. The SMILES string of the molecule is CC1(C)OCC(CNc2cncc3nnnn23)O1. The van der Waals surface area contributed by atoms with Gasteiger partial charge < -0.3 is 14.8 Å². The standard InChI is InChI=1S/C10H14N6O2/c1-10(2)17-6-7(18-10)3-12-8-4-11-5-9-13-14-15-16(8)9/h4-5,7,12H,3,6H2,1-2H3. The summed E-state index contributed by atoms with van der Waals surface area (Å²) in [6, 6.07) is 0. The van der Waals surface area contributed by atoms with Gasteiger partial charge in [0.25, 0.3) is 0 Å². The van der Waals surface area contributed by atoms with Crippen molar-refractivity contribution in [2.45, 2.75) is 25.7 Å². The molecule has 3 rings (SSSR count). The van der Waals surface area contributed by atoms with E-state index in [0.29, 0.717) is 18.8 Å². The summed E-state index contributed by atoms with van der Waals surface area (Å²) < 4.78 is 12.8. The molecular formula is C10H14N6O2. The molecule has 1 atom stereocenters. The van der Waals surface area contributed by atoms with Gasteiger partial charge in [-0.05, 0) is 24.3 Å². The second-order valence-corrected chi connectivity index (χ2v) is 4.57. The van der Waals surface area contributed by atoms with Crippen LogP contribution < -0.4 is 5.32 Å². The summed E-state index contributed by atoms with van der Waals surface area (Å²) in [6.45, 7) is 4.98. The second kappa shape index (κ2) is 4.14. The Morgan fingerprint density at radius 2 is 2.39 bits per heavy atom. The van der Waals surface area contributed by atoms with Gasteiger partial charge in [-0.2, -0.15) is 4.52 Å². The van der Waals surface area contributed by atoms with Crippen molar-refractivity contribution in [1.82, 2.24) is 25.0 Å². The van der Waals surface area contributed by atoms with Crippen LogP contribution in [-0.4, -0.2) is 50.1 Å². The van der Waals surface area contributed by atoms with Crippen molar-refractivity contribution in [2.75, 3.05) is 18.5 Å². The number of hydrogen-bond acceptors (Lipinski definition) is 7. The van der Waals surface area contributed by atoms with E-state index in [-0.39, 0.29) is 6.10 Å². The van der Waals surface area contributed by atoms with E-state index in [1.165, 1.54) is 0 Å². The fourth-order valence-electron chi connectivity index (χ4n) is 1.88.